The molecule has 1 aromatic heterocycles. The first kappa shape index (κ1) is 20.9. The summed E-state index contributed by atoms with van der Waals surface area (Å²) in [5.41, 5.74) is 2.15. The highest BCUT2D eigenvalue weighted by atomic mass is 32.1. The Morgan fingerprint density at radius 2 is 1.84 bits per heavy atom. The molecule has 31 heavy (non-hydrogen) atoms. The average molecular weight is 437 g/mol. The normalized spacial score (nSPS) is 12.8. The number of carbonyl (C=O) groups is 2. The summed E-state index contributed by atoms with van der Waals surface area (Å²) in [6.07, 6.45) is 1.99. The molecule has 3 aromatic rings. The topological polar surface area (TPSA) is 67.9 Å². The van der Waals surface area contributed by atoms with E-state index in [0.717, 1.165) is 29.9 Å². The van der Waals surface area contributed by atoms with Gasteiger partial charge in [-0.2, -0.15) is 0 Å². The fraction of sp³-hybridized carbons (Fsp3) is 0.250. The molecular weight excluding hydrogens is 412 g/mol. The van der Waals surface area contributed by atoms with E-state index in [0.29, 0.717) is 22.7 Å². The molecule has 0 aliphatic heterocycles. The predicted octanol–water partition coefficient (Wildman–Crippen LogP) is 4.82. The number of carbonyl (C=O) groups excluding carboxylic acids is 2. The van der Waals surface area contributed by atoms with Crippen molar-refractivity contribution in [3.05, 3.63) is 76.0 Å². The van der Waals surface area contributed by atoms with Crippen molar-refractivity contribution in [2.75, 3.05) is 19.5 Å². The number of amides is 2. The van der Waals surface area contributed by atoms with Crippen LogP contribution in [0.4, 0.5) is 5.69 Å². The molecule has 1 fully saturated rings. The second kappa shape index (κ2) is 9.22. The van der Waals surface area contributed by atoms with E-state index >= 15 is 0 Å². The first-order valence-electron chi connectivity index (χ1n) is 10.1. The van der Waals surface area contributed by atoms with Crippen molar-refractivity contribution in [2.24, 2.45) is 0 Å². The quantitative estimate of drug-likeness (QED) is 0.550. The Morgan fingerprint density at radius 1 is 1.06 bits per heavy atom. The van der Waals surface area contributed by atoms with E-state index in [-0.39, 0.29) is 17.9 Å². The molecule has 6 nitrogen and oxygen atoms in total. The first-order valence-corrected chi connectivity index (χ1v) is 10.9. The Bertz CT molecular complexity index is 1060. The summed E-state index contributed by atoms with van der Waals surface area (Å²) in [6.45, 7) is 0.445. The molecule has 0 atom stereocenters. The summed E-state index contributed by atoms with van der Waals surface area (Å²) in [7, 11) is 3.24. The minimum Gasteiger partial charge on any atom is -0.497 e. The van der Waals surface area contributed by atoms with E-state index in [1.165, 1.54) is 11.3 Å². The van der Waals surface area contributed by atoms with Crippen molar-refractivity contribution in [2.45, 2.75) is 25.4 Å². The smallest absolute Gasteiger partial charge is 0.265 e. The molecule has 4 rings (SSSR count). The maximum Gasteiger partial charge on any atom is 0.265 e. The van der Waals surface area contributed by atoms with E-state index in [9.17, 15) is 9.59 Å². The van der Waals surface area contributed by atoms with Gasteiger partial charge in [-0.25, -0.2) is 0 Å². The second-order valence-electron chi connectivity index (χ2n) is 7.35. The van der Waals surface area contributed by atoms with Gasteiger partial charge >= 0.3 is 0 Å². The molecule has 2 aromatic carbocycles. The summed E-state index contributed by atoms with van der Waals surface area (Å²) >= 11 is 1.39. The number of benzene rings is 2. The second-order valence-corrected chi connectivity index (χ2v) is 8.30. The van der Waals surface area contributed by atoms with Gasteiger partial charge in [-0.05, 0) is 66.8 Å². The van der Waals surface area contributed by atoms with E-state index in [2.05, 4.69) is 5.32 Å². The molecule has 1 aliphatic carbocycles. The fourth-order valence-corrected chi connectivity index (χ4v) is 4.02. The first-order chi connectivity index (χ1) is 15.1. The SMILES string of the molecule is COc1ccc(OC)c(CN(C(=O)c2ccc(NC(=O)c3cccs3)cc2)C2CC2)c1. The van der Waals surface area contributed by atoms with Gasteiger partial charge in [0.2, 0.25) is 0 Å². The van der Waals surface area contributed by atoms with Gasteiger partial charge in [0.05, 0.1) is 25.6 Å². The molecule has 0 radical (unpaired) electrons. The van der Waals surface area contributed by atoms with Crippen molar-refractivity contribution in [3.8, 4) is 11.5 Å². The molecule has 2 amide bonds. The number of hydrogen-bond acceptors (Lipinski definition) is 5. The fourth-order valence-electron chi connectivity index (χ4n) is 3.40. The van der Waals surface area contributed by atoms with Crippen molar-refractivity contribution >= 4 is 28.8 Å². The molecule has 1 aliphatic rings. The monoisotopic (exact) mass is 436 g/mol. The maximum atomic E-state index is 13.3. The molecule has 0 unspecified atom stereocenters. The molecule has 0 saturated heterocycles. The lowest BCUT2D eigenvalue weighted by Crippen LogP contribution is -2.32. The largest absolute Gasteiger partial charge is 0.497 e. The number of rotatable bonds is 8. The van der Waals surface area contributed by atoms with Crippen LogP contribution in [0.2, 0.25) is 0 Å². The number of nitrogens with one attached hydrogen (secondary N) is 1. The molecule has 1 heterocycles. The third-order valence-electron chi connectivity index (χ3n) is 5.21. The van der Waals surface area contributed by atoms with Crippen LogP contribution in [0.3, 0.4) is 0 Å². The summed E-state index contributed by atoms with van der Waals surface area (Å²) in [4.78, 5) is 28.0. The standard InChI is InChI=1S/C24H24N2O4S/c1-29-20-11-12-21(30-2)17(14-20)15-26(19-9-10-19)24(28)16-5-7-18(8-6-16)25-23(27)22-4-3-13-31-22/h3-8,11-14,19H,9-10,15H2,1-2H3,(H,25,27). The summed E-state index contributed by atoms with van der Waals surface area (Å²) < 4.78 is 10.8. The molecule has 0 spiro atoms. The molecule has 7 heteroatoms. The van der Waals surface area contributed by atoms with Gasteiger partial charge in [-0.3, -0.25) is 9.59 Å². The predicted molar refractivity (Wildman–Crippen MR) is 121 cm³/mol. The Morgan fingerprint density at radius 3 is 2.45 bits per heavy atom. The molecule has 160 valence electrons. The van der Waals surface area contributed by atoms with Crippen LogP contribution in [-0.2, 0) is 6.54 Å². The van der Waals surface area contributed by atoms with E-state index < -0.39 is 0 Å². The Kier molecular flexibility index (Phi) is 6.23. The highest BCUT2D eigenvalue weighted by Gasteiger charge is 2.33. The van der Waals surface area contributed by atoms with Gasteiger partial charge in [0.1, 0.15) is 11.5 Å². The van der Waals surface area contributed by atoms with E-state index in [4.69, 9.17) is 9.47 Å². The molecule has 1 saturated carbocycles. The maximum absolute atomic E-state index is 13.3. The van der Waals surface area contributed by atoms with Gasteiger partial charge in [0.25, 0.3) is 11.8 Å². The van der Waals surface area contributed by atoms with Crippen molar-refractivity contribution in [1.29, 1.82) is 0 Å². The van der Waals surface area contributed by atoms with Crippen LogP contribution in [0, 0.1) is 0 Å². The van der Waals surface area contributed by atoms with Crippen LogP contribution in [0.5, 0.6) is 11.5 Å². The number of anilines is 1. The molecule has 1 N–H and O–H groups in total. The molecule has 0 bridgehead atoms. The van der Waals surface area contributed by atoms with Gasteiger partial charge < -0.3 is 19.7 Å². The number of thiophene rings is 1. The number of methoxy groups -OCH3 is 2. The van der Waals surface area contributed by atoms with Crippen molar-refractivity contribution in [3.63, 3.8) is 0 Å². The lowest BCUT2D eigenvalue weighted by Gasteiger charge is -2.24. The van der Waals surface area contributed by atoms with Crippen LogP contribution in [0.25, 0.3) is 0 Å². The summed E-state index contributed by atoms with van der Waals surface area (Å²) in [5, 5.41) is 4.72. The zero-order valence-electron chi connectivity index (χ0n) is 17.5. The minimum atomic E-state index is -0.154. The zero-order valence-corrected chi connectivity index (χ0v) is 18.3. The van der Waals surface area contributed by atoms with Crippen LogP contribution in [-0.4, -0.2) is 37.0 Å². The van der Waals surface area contributed by atoms with Gasteiger partial charge in [0, 0.05) is 22.9 Å². The Labute approximate surface area is 185 Å². The lowest BCUT2D eigenvalue weighted by molar-refractivity contribution is 0.0728. The third kappa shape index (κ3) is 4.88. The average Bonchev–Trinajstić information content (AvgIpc) is 3.49. The highest BCUT2D eigenvalue weighted by molar-refractivity contribution is 7.12. The Balaban J connectivity index is 1.49. The molecular formula is C24H24N2O4S. The van der Waals surface area contributed by atoms with Crippen LogP contribution in [0.15, 0.2) is 60.0 Å². The number of nitrogens with zero attached hydrogens (tertiary/aromatic N) is 1. The number of ether oxygens (including phenoxy) is 2. The minimum absolute atomic E-state index is 0.0384. The van der Waals surface area contributed by atoms with Crippen molar-refractivity contribution in [1.82, 2.24) is 4.90 Å². The van der Waals surface area contributed by atoms with E-state index in [1.807, 2.05) is 34.5 Å². The van der Waals surface area contributed by atoms with E-state index in [1.54, 1.807) is 44.6 Å². The third-order valence-corrected chi connectivity index (χ3v) is 6.08. The summed E-state index contributed by atoms with van der Waals surface area (Å²) in [6, 6.07) is 16.5. The van der Waals surface area contributed by atoms with Crippen LogP contribution in [0.1, 0.15) is 38.4 Å². The van der Waals surface area contributed by atoms with Gasteiger partial charge in [-0.1, -0.05) is 6.07 Å². The lowest BCUT2D eigenvalue weighted by atomic mass is 10.1. The highest BCUT2D eigenvalue weighted by Crippen LogP contribution is 2.33. The van der Waals surface area contributed by atoms with Gasteiger partial charge in [0.15, 0.2) is 0 Å². The zero-order chi connectivity index (χ0) is 21.8. The Hall–Kier alpha value is -3.32. The summed E-state index contributed by atoms with van der Waals surface area (Å²) in [5.74, 6) is 1.26. The van der Waals surface area contributed by atoms with Crippen molar-refractivity contribution < 1.29 is 19.1 Å². The van der Waals surface area contributed by atoms with Crippen LogP contribution < -0.4 is 14.8 Å². The number of hydrogen-bond donors (Lipinski definition) is 1. The van der Waals surface area contributed by atoms with Gasteiger partial charge in [-0.15, -0.1) is 11.3 Å². The van der Waals surface area contributed by atoms with Crippen LogP contribution >= 0.6 is 11.3 Å².